The van der Waals surface area contributed by atoms with Crippen LogP contribution in [0.2, 0.25) is 0 Å². The molecule has 27 heavy (non-hydrogen) atoms. The number of hydrogen-bond acceptors (Lipinski definition) is 4. The topological polar surface area (TPSA) is 78.7 Å². The molecule has 2 aliphatic heterocycles. The first-order valence-corrected chi connectivity index (χ1v) is 10.2. The number of aliphatic hydroxyl groups is 1. The van der Waals surface area contributed by atoms with E-state index >= 15 is 0 Å². The van der Waals surface area contributed by atoms with Crippen LogP contribution < -0.4 is 0 Å². The van der Waals surface area contributed by atoms with Crippen molar-refractivity contribution in [3.05, 3.63) is 18.0 Å². The molecule has 2 saturated heterocycles. The number of hydrogen-bond donors (Lipinski definition) is 1. The zero-order chi connectivity index (χ0) is 19.0. The van der Waals surface area contributed by atoms with Gasteiger partial charge < -0.3 is 14.9 Å². The van der Waals surface area contributed by atoms with Gasteiger partial charge in [0.25, 0.3) is 0 Å². The van der Waals surface area contributed by atoms with Gasteiger partial charge in [-0.3, -0.25) is 14.3 Å². The average molecular weight is 374 g/mol. The van der Waals surface area contributed by atoms with Crippen molar-refractivity contribution in [3.8, 4) is 0 Å². The highest BCUT2D eigenvalue weighted by Gasteiger charge is 2.47. The highest BCUT2D eigenvalue weighted by molar-refractivity contribution is 5.80. The van der Waals surface area contributed by atoms with Crippen molar-refractivity contribution in [3.63, 3.8) is 0 Å². The Labute approximate surface area is 160 Å². The first kappa shape index (κ1) is 18.5. The summed E-state index contributed by atoms with van der Waals surface area (Å²) in [6.07, 6.45) is 6.55. The Bertz CT molecular complexity index is 714. The van der Waals surface area contributed by atoms with E-state index in [2.05, 4.69) is 5.10 Å². The van der Waals surface area contributed by atoms with Gasteiger partial charge >= 0.3 is 0 Å². The molecule has 1 aliphatic carbocycles. The molecular formula is C20H30N4O3. The Morgan fingerprint density at radius 3 is 2.56 bits per heavy atom. The van der Waals surface area contributed by atoms with Crippen molar-refractivity contribution in [2.24, 2.45) is 11.8 Å². The maximum absolute atomic E-state index is 12.7. The number of fused-ring (bicyclic) bond motifs is 1. The van der Waals surface area contributed by atoms with Crippen molar-refractivity contribution in [1.82, 2.24) is 19.6 Å². The largest absolute Gasteiger partial charge is 0.389 e. The Morgan fingerprint density at radius 1 is 1.22 bits per heavy atom. The third-order valence-corrected chi connectivity index (χ3v) is 6.86. The molecule has 2 atom stereocenters. The monoisotopic (exact) mass is 374 g/mol. The number of amides is 2. The zero-order valence-corrected chi connectivity index (χ0v) is 16.1. The van der Waals surface area contributed by atoms with Crippen LogP contribution >= 0.6 is 0 Å². The van der Waals surface area contributed by atoms with Crippen molar-refractivity contribution >= 4 is 11.8 Å². The van der Waals surface area contributed by atoms with E-state index < -0.39 is 5.60 Å². The number of likely N-dealkylation sites (tertiary alicyclic amines) is 2. The molecule has 3 aliphatic rings. The lowest BCUT2D eigenvalue weighted by Crippen LogP contribution is -2.62. The van der Waals surface area contributed by atoms with E-state index in [0.29, 0.717) is 52.0 Å². The lowest BCUT2D eigenvalue weighted by Gasteiger charge is -2.51. The fraction of sp³-hybridized carbons (Fsp3) is 0.750. The van der Waals surface area contributed by atoms with Gasteiger partial charge in [-0.1, -0.05) is 6.42 Å². The standard InChI is InChI=1S/C20H30N4O3/c1-15-5-9-21-24(15)10-6-18(25)22-11-7-20(27)8-12-23(14-17(20)13-22)19(26)16-3-2-4-16/h5,9,16-17,27H,2-4,6-8,10-14H2,1H3. The molecule has 7 nitrogen and oxygen atoms in total. The lowest BCUT2D eigenvalue weighted by molar-refractivity contribution is -0.157. The van der Waals surface area contributed by atoms with Crippen LogP contribution in [0.4, 0.5) is 0 Å². The van der Waals surface area contributed by atoms with Crippen LogP contribution in [-0.2, 0) is 16.1 Å². The molecule has 3 fully saturated rings. The molecule has 1 aromatic rings. The van der Waals surface area contributed by atoms with Gasteiger partial charge in [-0.05, 0) is 38.7 Å². The van der Waals surface area contributed by atoms with Gasteiger partial charge in [0.05, 0.1) is 5.60 Å². The van der Waals surface area contributed by atoms with Crippen LogP contribution in [0.15, 0.2) is 12.3 Å². The Morgan fingerprint density at radius 2 is 1.93 bits per heavy atom. The van der Waals surface area contributed by atoms with Crippen LogP contribution in [0.25, 0.3) is 0 Å². The lowest BCUT2D eigenvalue weighted by atomic mass is 9.74. The summed E-state index contributed by atoms with van der Waals surface area (Å²) < 4.78 is 1.85. The summed E-state index contributed by atoms with van der Waals surface area (Å²) in [5.41, 5.74) is 0.319. The number of aryl methyl sites for hydroxylation is 2. The van der Waals surface area contributed by atoms with Crippen molar-refractivity contribution < 1.29 is 14.7 Å². The summed E-state index contributed by atoms with van der Waals surface area (Å²) in [5, 5.41) is 15.3. The minimum absolute atomic E-state index is 0.0422. The maximum Gasteiger partial charge on any atom is 0.225 e. The maximum atomic E-state index is 12.7. The summed E-state index contributed by atoms with van der Waals surface area (Å²) in [4.78, 5) is 29.1. The molecule has 148 valence electrons. The van der Waals surface area contributed by atoms with Crippen LogP contribution in [0, 0.1) is 18.8 Å². The molecule has 2 unspecified atom stereocenters. The first-order chi connectivity index (χ1) is 13.0. The minimum Gasteiger partial charge on any atom is -0.389 e. The summed E-state index contributed by atoms with van der Waals surface area (Å²) in [6.45, 7) is 4.93. The molecule has 4 rings (SSSR count). The van der Waals surface area contributed by atoms with Gasteiger partial charge in [-0.2, -0.15) is 5.10 Å². The number of aromatic nitrogens is 2. The van der Waals surface area contributed by atoms with E-state index in [1.165, 1.54) is 0 Å². The number of carbonyl (C=O) groups excluding carboxylic acids is 2. The predicted octanol–water partition coefficient (Wildman–Crippen LogP) is 1.19. The molecule has 1 saturated carbocycles. The fourth-order valence-corrected chi connectivity index (χ4v) is 4.64. The quantitative estimate of drug-likeness (QED) is 0.859. The summed E-state index contributed by atoms with van der Waals surface area (Å²) in [7, 11) is 0. The average Bonchev–Trinajstić information content (AvgIpc) is 3.02. The van der Waals surface area contributed by atoms with Crippen molar-refractivity contribution in [2.45, 2.75) is 57.6 Å². The molecule has 0 aromatic carbocycles. The first-order valence-electron chi connectivity index (χ1n) is 10.2. The molecule has 3 heterocycles. The molecule has 1 N–H and O–H groups in total. The van der Waals surface area contributed by atoms with E-state index in [9.17, 15) is 14.7 Å². The van der Waals surface area contributed by atoms with Crippen molar-refractivity contribution in [1.29, 1.82) is 0 Å². The van der Waals surface area contributed by atoms with Gasteiger partial charge in [0, 0.05) is 62.9 Å². The smallest absolute Gasteiger partial charge is 0.225 e. The van der Waals surface area contributed by atoms with Gasteiger partial charge in [-0.15, -0.1) is 0 Å². The van der Waals surface area contributed by atoms with Gasteiger partial charge in [-0.25, -0.2) is 0 Å². The molecule has 0 spiro atoms. The summed E-state index contributed by atoms with van der Waals surface area (Å²) in [6, 6.07) is 1.93. The Balaban J connectivity index is 1.35. The second kappa shape index (κ2) is 7.26. The zero-order valence-electron chi connectivity index (χ0n) is 16.1. The fourth-order valence-electron chi connectivity index (χ4n) is 4.64. The van der Waals surface area contributed by atoms with Gasteiger partial charge in [0.15, 0.2) is 0 Å². The third-order valence-electron chi connectivity index (χ3n) is 6.86. The van der Waals surface area contributed by atoms with E-state index in [0.717, 1.165) is 25.0 Å². The van der Waals surface area contributed by atoms with Crippen LogP contribution in [0.3, 0.4) is 0 Å². The second-order valence-electron chi connectivity index (χ2n) is 8.50. The number of nitrogens with zero attached hydrogens (tertiary/aromatic N) is 4. The third kappa shape index (κ3) is 3.61. The number of carbonyl (C=O) groups is 2. The predicted molar refractivity (Wildman–Crippen MR) is 99.8 cm³/mol. The van der Waals surface area contributed by atoms with E-state index in [-0.39, 0.29) is 23.7 Å². The van der Waals surface area contributed by atoms with Crippen molar-refractivity contribution in [2.75, 3.05) is 26.2 Å². The van der Waals surface area contributed by atoms with Crippen LogP contribution in [0.5, 0.6) is 0 Å². The number of piperidine rings is 2. The van der Waals surface area contributed by atoms with Gasteiger partial charge in [0.2, 0.25) is 11.8 Å². The highest BCUT2D eigenvalue weighted by atomic mass is 16.3. The van der Waals surface area contributed by atoms with Crippen LogP contribution in [-0.4, -0.2) is 68.3 Å². The molecular weight excluding hydrogens is 344 g/mol. The van der Waals surface area contributed by atoms with E-state index in [1.54, 1.807) is 6.20 Å². The molecule has 2 amide bonds. The Kier molecular flexibility index (Phi) is 4.97. The minimum atomic E-state index is -0.730. The number of rotatable bonds is 4. The summed E-state index contributed by atoms with van der Waals surface area (Å²) >= 11 is 0. The molecule has 7 heteroatoms. The van der Waals surface area contributed by atoms with E-state index in [1.807, 2.05) is 27.5 Å². The molecule has 0 bridgehead atoms. The highest BCUT2D eigenvalue weighted by Crippen LogP contribution is 2.37. The second-order valence-corrected chi connectivity index (χ2v) is 8.50. The van der Waals surface area contributed by atoms with E-state index in [4.69, 9.17) is 0 Å². The SMILES string of the molecule is Cc1ccnn1CCC(=O)N1CCC2(O)CCN(C(=O)C3CCC3)CC2C1. The normalized spacial score (nSPS) is 28.6. The van der Waals surface area contributed by atoms with Gasteiger partial charge in [0.1, 0.15) is 0 Å². The van der Waals surface area contributed by atoms with Crippen LogP contribution in [0.1, 0.15) is 44.2 Å². The summed E-state index contributed by atoms with van der Waals surface area (Å²) in [5.74, 6) is 0.504. The molecule has 1 aromatic heterocycles. The molecule has 0 radical (unpaired) electrons. The Hall–Kier alpha value is -1.89.